The van der Waals surface area contributed by atoms with Crippen LogP contribution in [0.1, 0.15) is 88.0 Å². The number of carbonyl (C=O) groups excluding carboxylic acids is 5. The number of Topliss-reactive ketones (excluding diaryl/α,β-unsaturated/α-hetero) is 1. The fourth-order valence-corrected chi connectivity index (χ4v) is 6.12. The van der Waals surface area contributed by atoms with E-state index in [2.05, 4.69) is 24.5 Å². The van der Waals surface area contributed by atoms with Crippen molar-refractivity contribution in [2.75, 3.05) is 19.6 Å². The third-order valence-corrected chi connectivity index (χ3v) is 8.57. The van der Waals surface area contributed by atoms with Gasteiger partial charge >= 0.3 is 6.09 Å². The zero-order valence-electron chi connectivity index (χ0n) is 26.3. The van der Waals surface area contributed by atoms with Crippen LogP contribution in [0.15, 0.2) is 12.2 Å². The van der Waals surface area contributed by atoms with Crippen LogP contribution in [-0.2, 0) is 23.9 Å². The molecule has 10 nitrogen and oxygen atoms in total. The lowest BCUT2D eigenvalue weighted by molar-refractivity contribution is -0.148. The SMILES string of the molecule is CCCCC(NC(=O)[C@@H]1[C@@H]2[C@H](CN1C(=O)[C@@H](NC(=O)OC(C)(C)C)C(C)(C)C)C2(C)C)C(=O)C(=O)N1CC=CCC1. The Hall–Kier alpha value is -2.91. The number of nitrogens with zero attached hydrogens (tertiary/aromatic N) is 2. The maximum absolute atomic E-state index is 14.0. The van der Waals surface area contributed by atoms with Crippen LogP contribution in [0.2, 0.25) is 0 Å². The van der Waals surface area contributed by atoms with E-state index in [1.807, 2.05) is 39.8 Å². The van der Waals surface area contributed by atoms with Crippen LogP contribution in [-0.4, -0.2) is 82.8 Å². The number of hydrogen-bond acceptors (Lipinski definition) is 6. The number of fused-ring (bicyclic) bond motifs is 1. The first kappa shape index (κ1) is 32.6. The molecule has 0 radical (unpaired) electrons. The molecule has 4 amide bonds. The number of rotatable bonds is 9. The van der Waals surface area contributed by atoms with Gasteiger partial charge in [0.15, 0.2) is 0 Å². The smallest absolute Gasteiger partial charge is 0.408 e. The van der Waals surface area contributed by atoms with Crippen LogP contribution < -0.4 is 10.6 Å². The Bertz CT molecular complexity index is 1070. The quantitative estimate of drug-likeness (QED) is 0.321. The zero-order chi connectivity index (χ0) is 30.9. The molecule has 5 atom stereocenters. The molecule has 230 valence electrons. The van der Waals surface area contributed by atoms with E-state index in [-0.39, 0.29) is 23.2 Å². The molecular formula is C31H50N4O6. The number of alkyl carbamates (subject to hydrolysis) is 1. The molecule has 0 aromatic rings. The highest BCUT2D eigenvalue weighted by atomic mass is 16.6. The predicted molar refractivity (Wildman–Crippen MR) is 156 cm³/mol. The number of carbonyl (C=O) groups is 5. The lowest BCUT2D eigenvalue weighted by atomic mass is 9.85. The minimum Gasteiger partial charge on any atom is -0.444 e. The van der Waals surface area contributed by atoms with Crippen LogP contribution in [0.3, 0.4) is 0 Å². The largest absolute Gasteiger partial charge is 0.444 e. The maximum Gasteiger partial charge on any atom is 0.408 e. The monoisotopic (exact) mass is 574 g/mol. The number of amides is 4. The fourth-order valence-electron chi connectivity index (χ4n) is 6.12. The van der Waals surface area contributed by atoms with Crippen molar-refractivity contribution >= 4 is 29.6 Å². The van der Waals surface area contributed by atoms with Crippen molar-refractivity contribution in [1.82, 2.24) is 20.4 Å². The second kappa shape index (κ2) is 12.1. The number of ketones is 1. The van der Waals surface area contributed by atoms with E-state index < -0.39 is 52.8 Å². The predicted octanol–water partition coefficient (Wildman–Crippen LogP) is 3.44. The van der Waals surface area contributed by atoms with E-state index in [0.29, 0.717) is 38.9 Å². The first-order valence-electron chi connectivity index (χ1n) is 15.0. The summed E-state index contributed by atoms with van der Waals surface area (Å²) < 4.78 is 5.42. The molecule has 0 aromatic carbocycles. The van der Waals surface area contributed by atoms with Gasteiger partial charge in [0.25, 0.3) is 5.91 Å². The zero-order valence-corrected chi connectivity index (χ0v) is 26.3. The number of piperidine rings is 1. The average Bonchev–Trinajstić information content (AvgIpc) is 3.20. The van der Waals surface area contributed by atoms with Gasteiger partial charge in [0.2, 0.25) is 17.6 Å². The van der Waals surface area contributed by atoms with E-state index in [1.165, 1.54) is 4.90 Å². The molecule has 2 aliphatic heterocycles. The van der Waals surface area contributed by atoms with E-state index >= 15 is 0 Å². The maximum atomic E-state index is 14.0. The van der Waals surface area contributed by atoms with E-state index in [0.717, 1.165) is 6.42 Å². The molecule has 2 fully saturated rings. The molecule has 0 bridgehead atoms. The van der Waals surface area contributed by atoms with Gasteiger partial charge in [0.1, 0.15) is 17.7 Å². The summed E-state index contributed by atoms with van der Waals surface area (Å²) in [4.78, 5) is 70.1. The second-order valence-corrected chi connectivity index (χ2v) is 14.4. The third kappa shape index (κ3) is 7.49. The molecular weight excluding hydrogens is 524 g/mol. The van der Waals surface area contributed by atoms with Crippen LogP contribution in [0.4, 0.5) is 4.79 Å². The Morgan fingerprint density at radius 1 is 1.02 bits per heavy atom. The highest BCUT2D eigenvalue weighted by molar-refractivity contribution is 6.38. The van der Waals surface area contributed by atoms with E-state index in [9.17, 15) is 24.0 Å². The molecule has 10 heteroatoms. The number of hydrogen-bond donors (Lipinski definition) is 2. The Morgan fingerprint density at radius 3 is 2.22 bits per heavy atom. The highest BCUT2D eigenvalue weighted by Crippen LogP contribution is 2.65. The molecule has 1 saturated carbocycles. The summed E-state index contributed by atoms with van der Waals surface area (Å²) in [6.45, 7) is 18.2. The number of nitrogens with one attached hydrogen (secondary N) is 2. The summed E-state index contributed by atoms with van der Waals surface area (Å²) in [7, 11) is 0. The number of likely N-dealkylation sites (tertiary alicyclic amines) is 1. The van der Waals surface area contributed by atoms with Gasteiger partial charge in [-0.15, -0.1) is 0 Å². The van der Waals surface area contributed by atoms with Crippen molar-refractivity contribution in [3.05, 3.63) is 12.2 Å². The summed E-state index contributed by atoms with van der Waals surface area (Å²) in [5, 5.41) is 5.63. The molecule has 3 rings (SSSR count). The summed E-state index contributed by atoms with van der Waals surface area (Å²) >= 11 is 0. The number of ether oxygens (including phenoxy) is 1. The minimum atomic E-state index is -0.961. The average molecular weight is 575 g/mol. The highest BCUT2D eigenvalue weighted by Gasteiger charge is 2.70. The summed E-state index contributed by atoms with van der Waals surface area (Å²) in [5.41, 5.74) is -1.54. The Morgan fingerprint density at radius 2 is 1.68 bits per heavy atom. The topological polar surface area (TPSA) is 125 Å². The standard InChI is InChI=1S/C31H50N4O6/c1-10-11-15-20(23(36)26(38)34-16-13-12-14-17-34)32-25(37)22-21-19(31(21,8)9)18-35(22)27(39)24(29(2,3)4)33-28(40)41-30(5,6)7/h12-13,19-22,24H,10-11,14-18H2,1-9H3,(H,32,37)(H,33,40)/t19-,20?,21-,22-,24+/m0/s1. The van der Waals surface area contributed by atoms with Gasteiger partial charge in [-0.25, -0.2) is 4.79 Å². The van der Waals surface area contributed by atoms with Crippen LogP contribution >= 0.6 is 0 Å². The fraction of sp³-hybridized carbons (Fsp3) is 0.774. The molecule has 1 unspecified atom stereocenters. The van der Waals surface area contributed by atoms with Crippen LogP contribution in [0.25, 0.3) is 0 Å². The van der Waals surface area contributed by atoms with Gasteiger partial charge in [0.05, 0.1) is 6.04 Å². The van der Waals surface area contributed by atoms with Gasteiger partial charge in [-0.2, -0.15) is 0 Å². The van der Waals surface area contributed by atoms with Gasteiger partial charge in [-0.3, -0.25) is 19.2 Å². The molecule has 0 spiro atoms. The molecule has 2 N–H and O–H groups in total. The number of unbranched alkanes of at least 4 members (excludes halogenated alkanes) is 1. The lowest BCUT2D eigenvalue weighted by Crippen LogP contribution is -2.61. The summed E-state index contributed by atoms with van der Waals surface area (Å²) in [6, 6.07) is -2.70. The molecule has 1 aliphatic carbocycles. The van der Waals surface area contributed by atoms with Gasteiger partial charge < -0.3 is 25.2 Å². The molecule has 0 aromatic heterocycles. The Balaban J connectivity index is 1.83. The molecule has 1 saturated heterocycles. The Kier molecular flexibility index (Phi) is 9.65. The van der Waals surface area contributed by atoms with Crippen LogP contribution in [0.5, 0.6) is 0 Å². The van der Waals surface area contributed by atoms with Crippen molar-refractivity contribution < 1.29 is 28.7 Å². The van der Waals surface area contributed by atoms with Crippen molar-refractivity contribution in [2.24, 2.45) is 22.7 Å². The first-order chi connectivity index (χ1) is 18.9. The molecule has 2 heterocycles. The lowest BCUT2D eigenvalue weighted by Gasteiger charge is -2.38. The normalized spacial score (nSPS) is 24.7. The van der Waals surface area contributed by atoms with Gasteiger partial charge in [-0.05, 0) is 56.3 Å². The van der Waals surface area contributed by atoms with E-state index in [4.69, 9.17) is 4.74 Å². The first-order valence-corrected chi connectivity index (χ1v) is 15.0. The Labute approximate surface area is 245 Å². The van der Waals surface area contributed by atoms with Gasteiger partial charge in [-0.1, -0.05) is 66.5 Å². The van der Waals surface area contributed by atoms with Crippen molar-refractivity contribution in [3.63, 3.8) is 0 Å². The molecule has 3 aliphatic rings. The van der Waals surface area contributed by atoms with Crippen LogP contribution in [0, 0.1) is 22.7 Å². The van der Waals surface area contributed by atoms with E-state index in [1.54, 1.807) is 25.7 Å². The summed E-state index contributed by atoms with van der Waals surface area (Å²) in [6.07, 6.45) is 5.65. The van der Waals surface area contributed by atoms with Crippen molar-refractivity contribution in [2.45, 2.75) is 112 Å². The van der Waals surface area contributed by atoms with Gasteiger partial charge in [0, 0.05) is 19.6 Å². The third-order valence-electron chi connectivity index (χ3n) is 8.57. The van der Waals surface area contributed by atoms with Crippen molar-refractivity contribution in [1.29, 1.82) is 0 Å². The summed E-state index contributed by atoms with van der Waals surface area (Å²) in [5.74, 6) is -1.96. The minimum absolute atomic E-state index is 0.0848. The molecule has 41 heavy (non-hydrogen) atoms. The second-order valence-electron chi connectivity index (χ2n) is 14.4. The van der Waals surface area contributed by atoms with Crippen molar-refractivity contribution in [3.8, 4) is 0 Å².